The lowest BCUT2D eigenvalue weighted by molar-refractivity contribution is 0.185. The molecule has 4 aromatic rings. The van der Waals surface area contributed by atoms with Gasteiger partial charge < -0.3 is 20.4 Å². The molecule has 178 valence electrons. The predicted octanol–water partition coefficient (Wildman–Crippen LogP) is 5.02. The fourth-order valence-electron chi connectivity index (χ4n) is 4.92. The van der Waals surface area contributed by atoms with Gasteiger partial charge in [0, 0.05) is 24.5 Å². The third kappa shape index (κ3) is 4.89. The zero-order chi connectivity index (χ0) is 24.4. The van der Waals surface area contributed by atoms with Crippen LogP contribution in [0.25, 0.3) is 22.3 Å². The van der Waals surface area contributed by atoms with E-state index in [0.29, 0.717) is 24.4 Å². The van der Waals surface area contributed by atoms with E-state index in [4.69, 9.17) is 9.97 Å². The van der Waals surface area contributed by atoms with Crippen molar-refractivity contribution in [2.24, 2.45) is 5.92 Å². The molecule has 2 atom stereocenters. The number of carbonyl (C=O) groups is 1. The zero-order valence-electron chi connectivity index (χ0n) is 19.6. The Balaban J connectivity index is 1.49. The molecule has 3 N–H and O–H groups in total. The quantitative estimate of drug-likeness (QED) is 0.368. The molecule has 1 aliphatic heterocycles. The minimum absolute atomic E-state index is 0.135. The van der Waals surface area contributed by atoms with Gasteiger partial charge in [-0.2, -0.15) is 0 Å². The van der Waals surface area contributed by atoms with E-state index in [-0.39, 0.29) is 17.7 Å². The molecular formula is C28H28N4O3. The number of carboxylic acid groups (broad SMARTS) is 1. The van der Waals surface area contributed by atoms with E-state index in [1.807, 2.05) is 67.6 Å². The van der Waals surface area contributed by atoms with Crippen molar-refractivity contribution in [2.75, 3.05) is 18.0 Å². The van der Waals surface area contributed by atoms with Crippen molar-refractivity contribution in [3.05, 3.63) is 83.9 Å². The van der Waals surface area contributed by atoms with Crippen molar-refractivity contribution >= 4 is 22.8 Å². The Kier molecular flexibility index (Phi) is 6.23. The first-order chi connectivity index (χ1) is 17.0. The largest absolute Gasteiger partial charge is 0.507 e. The molecule has 0 aliphatic carbocycles. The van der Waals surface area contributed by atoms with Gasteiger partial charge in [0.25, 0.3) is 0 Å². The first-order valence-electron chi connectivity index (χ1n) is 11.8. The van der Waals surface area contributed by atoms with Crippen LogP contribution in [0.1, 0.15) is 17.5 Å². The van der Waals surface area contributed by atoms with Gasteiger partial charge in [-0.3, -0.25) is 0 Å². The number of phenolic OH excluding ortho intramolecular Hbond substituents is 1. The van der Waals surface area contributed by atoms with Crippen LogP contribution in [0.4, 0.5) is 10.6 Å². The summed E-state index contributed by atoms with van der Waals surface area (Å²) in [7, 11) is 0. The Bertz CT molecular complexity index is 1360. The number of aromatic nitrogens is 2. The maximum atomic E-state index is 11.6. The molecule has 0 bridgehead atoms. The second kappa shape index (κ2) is 9.62. The smallest absolute Gasteiger partial charge is 0.404 e. The number of para-hydroxylation sites is 1. The minimum atomic E-state index is -1.01. The van der Waals surface area contributed by atoms with Gasteiger partial charge in [0.2, 0.25) is 0 Å². The monoisotopic (exact) mass is 468 g/mol. The molecule has 1 fully saturated rings. The van der Waals surface area contributed by atoms with Crippen LogP contribution in [-0.2, 0) is 6.42 Å². The maximum Gasteiger partial charge on any atom is 0.404 e. The number of aromatic hydroxyl groups is 1. The number of phenols is 1. The summed E-state index contributed by atoms with van der Waals surface area (Å²) in [5, 5.41) is 23.6. The van der Waals surface area contributed by atoms with Crippen LogP contribution in [0.15, 0.2) is 72.8 Å². The number of hydrogen-bond acceptors (Lipinski definition) is 5. The van der Waals surface area contributed by atoms with Crippen LogP contribution in [0.5, 0.6) is 5.75 Å². The van der Waals surface area contributed by atoms with Crippen molar-refractivity contribution in [1.82, 2.24) is 15.3 Å². The third-order valence-electron chi connectivity index (χ3n) is 6.68. The summed E-state index contributed by atoms with van der Waals surface area (Å²) in [4.78, 5) is 23.5. The molecule has 35 heavy (non-hydrogen) atoms. The van der Waals surface area contributed by atoms with Crippen molar-refractivity contribution < 1.29 is 15.0 Å². The second-order valence-corrected chi connectivity index (χ2v) is 9.15. The highest BCUT2D eigenvalue weighted by Gasteiger charge is 2.32. The molecule has 0 radical (unpaired) electrons. The molecule has 1 aliphatic rings. The van der Waals surface area contributed by atoms with E-state index in [9.17, 15) is 15.0 Å². The van der Waals surface area contributed by atoms with Crippen molar-refractivity contribution in [2.45, 2.75) is 25.8 Å². The highest BCUT2D eigenvalue weighted by molar-refractivity contribution is 5.92. The van der Waals surface area contributed by atoms with Crippen LogP contribution in [0, 0.1) is 12.8 Å². The van der Waals surface area contributed by atoms with Gasteiger partial charge in [-0.15, -0.1) is 0 Å². The maximum absolute atomic E-state index is 11.6. The predicted molar refractivity (Wildman–Crippen MR) is 137 cm³/mol. The number of nitrogens with one attached hydrogen (secondary N) is 1. The Morgan fingerprint density at radius 1 is 1.09 bits per heavy atom. The molecular weight excluding hydrogens is 440 g/mol. The van der Waals surface area contributed by atoms with E-state index >= 15 is 0 Å². The van der Waals surface area contributed by atoms with Crippen LogP contribution in [0.3, 0.4) is 0 Å². The van der Waals surface area contributed by atoms with E-state index in [1.54, 1.807) is 12.1 Å². The van der Waals surface area contributed by atoms with Crippen molar-refractivity contribution in [3.8, 4) is 17.1 Å². The average molecular weight is 469 g/mol. The first-order valence-corrected chi connectivity index (χ1v) is 11.8. The van der Waals surface area contributed by atoms with E-state index in [1.165, 1.54) is 0 Å². The standard InChI is InChI=1S/C28H28N4O3/c1-18-11-12-21-24(15-18)29-26(22-9-5-6-10-25(22)33)31-27(21)32-14-13-20(17-32)23(30-28(34)35)16-19-7-3-2-4-8-19/h2-12,15,20,23,30,33H,13-14,16-17H2,1H3,(H,34,35). The SMILES string of the molecule is Cc1ccc2c(N3CCC(C(Cc4ccccc4)NC(=O)O)C3)nc(-c3ccccc3O)nc2c1. The molecule has 5 rings (SSSR count). The summed E-state index contributed by atoms with van der Waals surface area (Å²) in [6, 6.07) is 23.0. The molecule has 3 aromatic carbocycles. The highest BCUT2D eigenvalue weighted by atomic mass is 16.4. The lowest BCUT2D eigenvalue weighted by Crippen LogP contribution is -2.42. The lowest BCUT2D eigenvalue weighted by atomic mass is 9.93. The minimum Gasteiger partial charge on any atom is -0.507 e. The highest BCUT2D eigenvalue weighted by Crippen LogP contribution is 2.34. The Labute approximate surface area is 204 Å². The Morgan fingerprint density at radius 3 is 2.63 bits per heavy atom. The number of nitrogens with zero attached hydrogens (tertiary/aromatic N) is 3. The summed E-state index contributed by atoms with van der Waals surface area (Å²) >= 11 is 0. The number of benzene rings is 3. The van der Waals surface area contributed by atoms with Gasteiger partial charge in [-0.05, 0) is 61.1 Å². The van der Waals surface area contributed by atoms with Gasteiger partial charge in [0.15, 0.2) is 5.82 Å². The molecule has 0 saturated carbocycles. The fraction of sp³-hybridized carbons (Fsp3) is 0.250. The lowest BCUT2D eigenvalue weighted by Gasteiger charge is -2.25. The summed E-state index contributed by atoms with van der Waals surface area (Å²) in [5.41, 5.74) is 3.61. The first kappa shape index (κ1) is 22.7. The molecule has 1 saturated heterocycles. The fourth-order valence-corrected chi connectivity index (χ4v) is 4.92. The van der Waals surface area contributed by atoms with Crippen LogP contribution < -0.4 is 10.2 Å². The molecule has 7 nitrogen and oxygen atoms in total. The number of amides is 1. The molecule has 7 heteroatoms. The van der Waals surface area contributed by atoms with E-state index in [0.717, 1.165) is 40.8 Å². The number of rotatable bonds is 6. The molecule has 1 amide bonds. The summed E-state index contributed by atoms with van der Waals surface area (Å²) in [6.45, 7) is 3.47. The van der Waals surface area contributed by atoms with Crippen LogP contribution in [0.2, 0.25) is 0 Å². The van der Waals surface area contributed by atoms with Gasteiger partial charge in [-0.25, -0.2) is 14.8 Å². The van der Waals surface area contributed by atoms with Crippen LogP contribution >= 0.6 is 0 Å². The molecule has 1 aromatic heterocycles. The van der Waals surface area contributed by atoms with Gasteiger partial charge >= 0.3 is 6.09 Å². The Hall–Kier alpha value is -4.13. The van der Waals surface area contributed by atoms with Gasteiger partial charge in [-0.1, -0.05) is 48.5 Å². The van der Waals surface area contributed by atoms with Gasteiger partial charge in [0.1, 0.15) is 11.6 Å². The summed E-state index contributed by atoms with van der Waals surface area (Å²) in [6.07, 6.45) is 0.480. The molecule has 0 spiro atoms. The second-order valence-electron chi connectivity index (χ2n) is 9.15. The summed E-state index contributed by atoms with van der Waals surface area (Å²) < 4.78 is 0. The molecule has 2 heterocycles. The zero-order valence-corrected chi connectivity index (χ0v) is 19.6. The number of anilines is 1. The summed E-state index contributed by atoms with van der Waals surface area (Å²) in [5.74, 6) is 1.56. The molecule has 2 unspecified atom stereocenters. The number of fused-ring (bicyclic) bond motifs is 1. The number of hydrogen-bond donors (Lipinski definition) is 3. The average Bonchev–Trinajstić information content (AvgIpc) is 3.34. The third-order valence-corrected chi connectivity index (χ3v) is 6.68. The van der Waals surface area contributed by atoms with Crippen LogP contribution in [-0.4, -0.2) is 45.4 Å². The van der Waals surface area contributed by atoms with E-state index in [2.05, 4.69) is 10.2 Å². The number of aryl methyl sites for hydroxylation is 1. The van der Waals surface area contributed by atoms with Crippen molar-refractivity contribution in [1.29, 1.82) is 0 Å². The van der Waals surface area contributed by atoms with Crippen molar-refractivity contribution in [3.63, 3.8) is 0 Å². The topological polar surface area (TPSA) is 98.6 Å². The van der Waals surface area contributed by atoms with E-state index < -0.39 is 6.09 Å². The van der Waals surface area contributed by atoms with Gasteiger partial charge in [0.05, 0.1) is 11.1 Å². The Morgan fingerprint density at radius 2 is 1.86 bits per heavy atom. The normalized spacial score (nSPS) is 16.4.